The van der Waals surface area contributed by atoms with Gasteiger partial charge in [-0.1, -0.05) is 0 Å². The predicted octanol–water partition coefficient (Wildman–Crippen LogP) is 3.90. The molecule has 1 heterocycles. The summed E-state index contributed by atoms with van der Waals surface area (Å²) < 4.78 is 52.1. The van der Waals surface area contributed by atoms with Crippen molar-refractivity contribution in [3.63, 3.8) is 0 Å². The molecule has 1 aromatic heterocycles. The van der Waals surface area contributed by atoms with E-state index < -0.39 is 23.5 Å². The quantitative estimate of drug-likeness (QED) is 0.873. The average Bonchev–Trinajstić information content (AvgIpc) is 2.68. The molecule has 2 rings (SSSR count). The second kappa shape index (κ2) is 5.44. The average molecular weight is 319 g/mol. The normalized spacial score (nSPS) is 11.7. The molecule has 0 aliphatic carbocycles. The van der Waals surface area contributed by atoms with Gasteiger partial charge in [-0.3, -0.25) is 4.79 Å². The lowest BCUT2D eigenvalue weighted by Crippen LogP contribution is -2.07. The van der Waals surface area contributed by atoms with Crippen LogP contribution in [0.5, 0.6) is 0 Å². The van der Waals surface area contributed by atoms with Crippen molar-refractivity contribution in [3.8, 4) is 10.6 Å². The highest BCUT2D eigenvalue weighted by atomic mass is 32.1. The van der Waals surface area contributed by atoms with Crippen LogP contribution in [0.3, 0.4) is 0 Å². The SMILES string of the molecule is Cc1nc(-c2cc(F)ccc2C(F)(F)F)sc1CC(=O)O. The number of alkyl halides is 3. The number of hydrogen-bond donors (Lipinski definition) is 1. The van der Waals surface area contributed by atoms with Crippen molar-refractivity contribution in [1.29, 1.82) is 0 Å². The summed E-state index contributed by atoms with van der Waals surface area (Å²) in [6.45, 7) is 1.50. The zero-order valence-electron chi connectivity index (χ0n) is 10.7. The van der Waals surface area contributed by atoms with Crippen LogP contribution in [0.25, 0.3) is 10.6 Å². The lowest BCUT2D eigenvalue weighted by Gasteiger charge is -2.10. The summed E-state index contributed by atoms with van der Waals surface area (Å²) in [6.07, 6.45) is -4.98. The number of nitrogens with zero attached hydrogens (tertiary/aromatic N) is 1. The van der Waals surface area contributed by atoms with Crippen LogP contribution in [0, 0.1) is 12.7 Å². The molecule has 112 valence electrons. The molecule has 21 heavy (non-hydrogen) atoms. The van der Waals surface area contributed by atoms with Crippen molar-refractivity contribution in [3.05, 3.63) is 40.2 Å². The standard InChI is InChI=1S/C13H9F4NO2S/c1-6-10(5-11(19)20)21-12(18-6)8-4-7(14)2-3-9(8)13(15,16)17/h2-4H,5H2,1H3,(H,19,20). The highest BCUT2D eigenvalue weighted by molar-refractivity contribution is 7.15. The molecule has 0 saturated heterocycles. The summed E-state index contributed by atoms with van der Waals surface area (Å²) in [6, 6.07) is 2.13. The van der Waals surface area contributed by atoms with Gasteiger partial charge in [-0.2, -0.15) is 13.2 Å². The van der Waals surface area contributed by atoms with Gasteiger partial charge in [-0.25, -0.2) is 9.37 Å². The second-order valence-electron chi connectivity index (χ2n) is 4.29. The second-order valence-corrected chi connectivity index (χ2v) is 5.37. The Labute approximate surface area is 120 Å². The highest BCUT2D eigenvalue weighted by Gasteiger charge is 2.34. The molecule has 0 bridgehead atoms. The van der Waals surface area contributed by atoms with Gasteiger partial charge in [0.1, 0.15) is 10.8 Å². The summed E-state index contributed by atoms with van der Waals surface area (Å²) in [5, 5.41) is 8.69. The minimum absolute atomic E-state index is 0.0458. The first-order chi connectivity index (χ1) is 9.68. The van der Waals surface area contributed by atoms with Crippen LogP contribution < -0.4 is 0 Å². The Bertz CT molecular complexity index is 694. The summed E-state index contributed by atoms with van der Waals surface area (Å²) in [4.78, 5) is 15.0. The Morgan fingerprint density at radius 1 is 1.38 bits per heavy atom. The van der Waals surface area contributed by atoms with Gasteiger partial charge in [-0.05, 0) is 25.1 Å². The fourth-order valence-corrected chi connectivity index (χ4v) is 2.87. The fraction of sp³-hybridized carbons (Fsp3) is 0.231. The van der Waals surface area contributed by atoms with Gasteiger partial charge in [0.05, 0.1) is 17.7 Å². The number of aliphatic carboxylic acids is 1. The van der Waals surface area contributed by atoms with E-state index in [4.69, 9.17) is 5.11 Å². The molecule has 0 saturated carbocycles. The molecule has 0 unspecified atom stereocenters. The van der Waals surface area contributed by atoms with Gasteiger partial charge in [0.25, 0.3) is 0 Å². The molecule has 0 amide bonds. The number of carbonyl (C=O) groups is 1. The first-order valence-corrected chi connectivity index (χ1v) is 6.55. The van der Waals surface area contributed by atoms with Gasteiger partial charge in [0.15, 0.2) is 0 Å². The molecule has 0 fully saturated rings. The predicted molar refractivity (Wildman–Crippen MR) is 68.6 cm³/mol. The highest BCUT2D eigenvalue weighted by Crippen LogP contribution is 2.39. The Balaban J connectivity index is 2.56. The van der Waals surface area contributed by atoms with E-state index >= 15 is 0 Å². The molecule has 0 atom stereocenters. The molecule has 1 aromatic carbocycles. The summed E-state index contributed by atoms with van der Waals surface area (Å²) in [7, 11) is 0. The molecule has 3 nitrogen and oxygen atoms in total. The van der Waals surface area contributed by atoms with Crippen molar-refractivity contribution in [2.75, 3.05) is 0 Å². The van der Waals surface area contributed by atoms with E-state index in [1.54, 1.807) is 0 Å². The van der Waals surface area contributed by atoms with E-state index in [0.717, 1.165) is 23.5 Å². The van der Waals surface area contributed by atoms with E-state index in [1.807, 2.05) is 0 Å². The smallest absolute Gasteiger partial charge is 0.417 e. The van der Waals surface area contributed by atoms with Gasteiger partial charge >= 0.3 is 12.1 Å². The molecular formula is C13H9F4NO2S. The Kier molecular flexibility index (Phi) is 3.99. The third kappa shape index (κ3) is 3.38. The maximum atomic E-state index is 13.3. The molecule has 0 spiro atoms. The Morgan fingerprint density at radius 3 is 2.62 bits per heavy atom. The number of aromatic nitrogens is 1. The van der Waals surface area contributed by atoms with E-state index in [2.05, 4.69) is 4.98 Å². The molecule has 2 aromatic rings. The van der Waals surface area contributed by atoms with Gasteiger partial charge in [-0.15, -0.1) is 11.3 Å². The van der Waals surface area contributed by atoms with Crippen LogP contribution in [0.4, 0.5) is 17.6 Å². The monoisotopic (exact) mass is 319 g/mol. The van der Waals surface area contributed by atoms with Crippen LogP contribution in [0.15, 0.2) is 18.2 Å². The number of hydrogen-bond acceptors (Lipinski definition) is 3. The third-order valence-electron chi connectivity index (χ3n) is 2.72. The van der Waals surface area contributed by atoms with E-state index in [-0.39, 0.29) is 17.0 Å². The zero-order valence-corrected chi connectivity index (χ0v) is 11.5. The summed E-state index contributed by atoms with van der Waals surface area (Å²) in [5.41, 5.74) is -1.05. The summed E-state index contributed by atoms with van der Waals surface area (Å²) >= 11 is 0.821. The third-order valence-corrected chi connectivity index (χ3v) is 3.91. The van der Waals surface area contributed by atoms with Crippen LogP contribution in [-0.2, 0) is 17.4 Å². The molecule has 0 aliphatic heterocycles. The largest absolute Gasteiger partial charge is 0.481 e. The number of thiazole rings is 1. The maximum Gasteiger partial charge on any atom is 0.417 e. The van der Waals surface area contributed by atoms with Crippen molar-refractivity contribution in [2.45, 2.75) is 19.5 Å². The Hall–Kier alpha value is -1.96. The lowest BCUT2D eigenvalue weighted by atomic mass is 10.1. The number of carboxylic acid groups (broad SMARTS) is 1. The number of aryl methyl sites for hydroxylation is 1. The zero-order chi connectivity index (χ0) is 15.8. The summed E-state index contributed by atoms with van der Waals surface area (Å²) in [5.74, 6) is -1.92. The molecule has 8 heteroatoms. The fourth-order valence-electron chi connectivity index (χ4n) is 1.79. The number of benzene rings is 1. The van der Waals surface area contributed by atoms with Crippen LogP contribution in [-0.4, -0.2) is 16.1 Å². The lowest BCUT2D eigenvalue weighted by molar-refractivity contribution is -0.137. The minimum Gasteiger partial charge on any atom is -0.481 e. The van der Waals surface area contributed by atoms with Crippen LogP contribution in [0.1, 0.15) is 16.1 Å². The number of carboxylic acids is 1. The molecular weight excluding hydrogens is 310 g/mol. The minimum atomic E-state index is -4.64. The van der Waals surface area contributed by atoms with Crippen LogP contribution >= 0.6 is 11.3 Å². The van der Waals surface area contributed by atoms with Crippen molar-refractivity contribution >= 4 is 17.3 Å². The maximum absolute atomic E-state index is 13.3. The van der Waals surface area contributed by atoms with Crippen molar-refractivity contribution < 1.29 is 27.5 Å². The van der Waals surface area contributed by atoms with Crippen molar-refractivity contribution in [1.82, 2.24) is 4.98 Å². The number of rotatable bonds is 3. The Morgan fingerprint density at radius 2 is 2.05 bits per heavy atom. The van der Waals surface area contributed by atoms with Crippen molar-refractivity contribution in [2.24, 2.45) is 0 Å². The van der Waals surface area contributed by atoms with E-state index in [9.17, 15) is 22.4 Å². The van der Waals surface area contributed by atoms with E-state index in [0.29, 0.717) is 16.6 Å². The molecule has 1 N–H and O–H groups in total. The number of halogens is 4. The van der Waals surface area contributed by atoms with Gasteiger partial charge in [0.2, 0.25) is 0 Å². The topological polar surface area (TPSA) is 50.2 Å². The van der Waals surface area contributed by atoms with E-state index in [1.165, 1.54) is 6.92 Å². The van der Waals surface area contributed by atoms with Gasteiger partial charge < -0.3 is 5.11 Å². The van der Waals surface area contributed by atoms with Gasteiger partial charge in [0, 0.05) is 10.4 Å². The molecule has 0 radical (unpaired) electrons. The van der Waals surface area contributed by atoms with Crippen LogP contribution in [0.2, 0.25) is 0 Å². The molecule has 0 aliphatic rings. The first-order valence-electron chi connectivity index (χ1n) is 5.73. The first kappa shape index (κ1) is 15.4.